The number of amides is 1. The van der Waals surface area contributed by atoms with Gasteiger partial charge in [-0.2, -0.15) is 5.26 Å². The Morgan fingerprint density at radius 1 is 1.26 bits per heavy atom. The van der Waals surface area contributed by atoms with Crippen molar-refractivity contribution in [1.82, 2.24) is 9.80 Å². The first kappa shape index (κ1) is 16.8. The van der Waals surface area contributed by atoms with Gasteiger partial charge in [-0.1, -0.05) is 0 Å². The van der Waals surface area contributed by atoms with Gasteiger partial charge >= 0.3 is 0 Å². The lowest BCUT2D eigenvalue weighted by atomic mass is 10.2. The summed E-state index contributed by atoms with van der Waals surface area (Å²) in [6.07, 6.45) is 1.63. The van der Waals surface area contributed by atoms with Crippen LogP contribution < -0.4 is 16.8 Å². The minimum absolute atomic E-state index is 0.0918. The highest BCUT2D eigenvalue weighted by molar-refractivity contribution is 6.06. The van der Waals surface area contributed by atoms with Gasteiger partial charge in [-0.05, 0) is 24.3 Å². The maximum absolute atomic E-state index is 12.2. The van der Waals surface area contributed by atoms with Crippen LogP contribution in [0, 0.1) is 11.3 Å². The molecule has 23 heavy (non-hydrogen) atoms. The standard InChI is InChI=1S/C16H22N6O/c17-5-6-21-7-9-22(10-8-21)12-13(11-18)16(23)20-15-3-1-14(19)2-4-15/h1-4,12H,5-10,17,19H2,(H,20,23)/b13-12-. The van der Waals surface area contributed by atoms with E-state index in [1.165, 1.54) is 0 Å². The molecule has 0 spiro atoms. The molecule has 5 N–H and O–H groups in total. The van der Waals surface area contributed by atoms with E-state index in [-0.39, 0.29) is 5.57 Å². The molecule has 122 valence electrons. The largest absolute Gasteiger partial charge is 0.399 e. The van der Waals surface area contributed by atoms with Crippen molar-refractivity contribution in [2.24, 2.45) is 5.73 Å². The van der Waals surface area contributed by atoms with Crippen LogP contribution in [0.2, 0.25) is 0 Å². The third kappa shape index (κ3) is 4.98. The predicted molar refractivity (Wildman–Crippen MR) is 90.2 cm³/mol. The molecule has 0 aromatic heterocycles. The lowest BCUT2D eigenvalue weighted by Gasteiger charge is -2.33. The van der Waals surface area contributed by atoms with E-state index in [0.29, 0.717) is 17.9 Å². The number of hydrogen-bond acceptors (Lipinski definition) is 6. The van der Waals surface area contributed by atoms with Gasteiger partial charge in [-0.15, -0.1) is 0 Å². The smallest absolute Gasteiger partial charge is 0.267 e. The number of nitrogens with one attached hydrogen (secondary N) is 1. The summed E-state index contributed by atoms with van der Waals surface area (Å²) in [5.74, 6) is -0.415. The van der Waals surface area contributed by atoms with Gasteiger partial charge in [-0.25, -0.2) is 0 Å². The van der Waals surface area contributed by atoms with E-state index in [9.17, 15) is 10.1 Å². The van der Waals surface area contributed by atoms with Gasteiger partial charge in [0, 0.05) is 56.8 Å². The number of carbonyl (C=O) groups is 1. The molecule has 1 aromatic carbocycles. The third-order valence-electron chi connectivity index (χ3n) is 3.70. The van der Waals surface area contributed by atoms with Crippen LogP contribution in [-0.4, -0.2) is 55.0 Å². The fourth-order valence-corrected chi connectivity index (χ4v) is 2.38. The molecule has 0 bridgehead atoms. The summed E-state index contributed by atoms with van der Waals surface area (Å²) >= 11 is 0. The molecule has 0 atom stereocenters. The van der Waals surface area contributed by atoms with Crippen LogP contribution >= 0.6 is 0 Å². The Hall–Kier alpha value is -2.56. The first-order valence-corrected chi connectivity index (χ1v) is 7.57. The lowest BCUT2D eigenvalue weighted by Crippen LogP contribution is -2.45. The van der Waals surface area contributed by atoms with Crippen LogP contribution in [0.3, 0.4) is 0 Å². The molecule has 1 saturated heterocycles. The number of benzene rings is 1. The fraction of sp³-hybridized carbons (Fsp3) is 0.375. The first-order chi connectivity index (χ1) is 11.1. The van der Waals surface area contributed by atoms with Gasteiger partial charge in [0.2, 0.25) is 0 Å². The van der Waals surface area contributed by atoms with Gasteiger partial charge in [-0.3, -0.25) is 9.69 Å². The summed E-state index contributed by atoms with van der Waals surface area (Å²) in [4.78, 5) is 16.4. The molecule has 2 rings (SSSR count). The van der Waals surface area contributed by atoms with Crippen LogP contribution in [-0.2, 0) is 4.79 Å². The van der Waals surface area contributed by atoms with Crippen molar-refractivity contribution < 1.29 is 4.79 Å². The number of nitrogens with two attached hydrogens (primary N) is 2. The van der Waals surface area contributed by atoms with Crippen molar-refractivity contribution >= 4 is 17.3 Å². The number of nitrogen functional groups attached to an aromatic ring is 1. The average Bonchev–Trinajstić information content (AvgIpc) is 2.56. The zero-order chi connectivity index (χ0) is 16.7. The number of nitriles is 1. The van der Waals surface area contributed by atoms with Crippen LogP contribution in [0.1, 0.15) is 0 Å². The summed E-state index contributed by atoms with van der Waals surface area (Å²) in [6.45, 7) is 4.84. The zero-order valence-electron chi connectivity index (χ0n) is 13.0. The quantitative estimate of drug-likeness (QED) is 0.406. The van der Waals surface area contributed by atoms with E-state index in [1.54, 1.807) is 30.5 Å². The molecule has 1 aromatic rings. The third-order valence-corrected chi connectivity index (χ3v) is 3.70. The van der Waals surface area contributed by atoms with E-state index in [2.05, 4.69) is 10.2 Å². The number of carbonyl (C=O) groups excluding carboxylic acids is 1. The Balaban J connectivity index is 1.95. The maximum Gasteiger partial charge on any atom is 0.267 e. The molecular weight excluding hydrogens is 292 g/mol. The number of nitrogens with zero attached hydrogens (tertiary/aromatic N) is 3. The Labute approximate surface area is 136 Å². The SMILES string of the molecule is N#C/C(=C/N1CCN(CCN)CC1)C(=O)Nc1ccc(N)cc1. The monoisotopic (exact) mass is 314 g/mol. The molecule has 1 aliphatic rings. The maximum atomic E-state index is 12.2. The van der Waals surface area contributed by atoms with Gasteiger partial charge < -0.3 is 21.7 Å². The van der Waals surface area contributed by atoms with Gasteiger partial charge in [0.1, 0.15) is 11.6 Å². The highest BCUT2D eigenvalue weighted by atomic mass is 16.1. The second kappa shape index (κ2) is 8.17. The Bertz CT molecular complexity index is 596. The molecular formula is C16H22N6O. The van der Waals surface area contributed by atoms with E-state index < -0.39 is 5.91 Å². The molecule has 1 aliphatic heterocycles. The zero-order valence-corrected chi connectivity index (χ0v) is 13.0. The molecule has 1 heterocycles. The van der Waals surface area contributed by atoms with E-state index >= 15 is 0 Å². The fourth-order valence-electron chi connectivity index (χ4n) is 2.38. The summed E-state index contributed by atoms with van der Waals surface area (Å²) in [5, 5.41) is 11.9. The van der Waals surface area contributed by atoms with Crippen molar-refractivity contribution in [3.05, 3.63) is 36.0 Å². The molecule has 7 heteroatoms. The predicted octanol–water partition coefficient (Wildman–Crippen LogP) is 0.191. The molecule has 0 saturated carbocycles. The minimum Gasteiger partial charge on any atom is -0.399 e. The van der Waals surface area contributed by atoms with E-state index in [0.717, 1.165) is 32.7 Å². The molecule has 1 fully saturated rings. The molecule has 0 unspecified atom stereocenters. The summed E-state index contributed by atoms with van der Waals surface area (Å²) in [7, 11) is 0. The molecule has 7 nitrogen and oxygen atoms in total. The normalized spacial score (nSPS) is 16.0. The van der Waals surface area contributed by atoms with Crippen LogP contribution in [0.25, 0.3) is 0 Å². The molecule has 0 radical (unpaired) electrons. The van der Waals surface area contributed by atoms with E-state index in [1.807, 2.05) is 11.0 Å². The lowest BCUT2D eigenvalue weighted by molar-refractivity contribution is -0.112. The van der Waals surface area contributed by atoms with Crippen LogP contribution in [0.5, 0.6) is 0 Å². The number of anilines is 2. The molecule has 0 aliphatic carbocycles. The van der Waals surface area contributed by atoms with Crippen molar-refractivity contribution in [3.63, 3.8) is 0 Å². The van der Waals surface area contributed by atoms with E-state index in [4.69, 9.17) is 11.5 Å². The van der Waals surface area contributed by atoms with Gasteiger partial charge in [0.15, 0.2) is 0 Å². The van der Waals surface area contributed by atoms with Gasteiger partial charge in [0.05, 0.1) is 0 Å². The topological polar surface area (TPSA) is 111 Å². The number of rotatable bonds is 5. The van der Waals surface area contributed by atoms with Crippen molar-refractivity contribution in [2.75, 3.05) is 50.3 Å². The second-order valence-electron chi connectivity index (χ2n) is 5.40. The van der Waals surface area contributed by atoms with Gasteiger partial charge in [0.25, 0.3) is 5.91 Å². The van der Waals surface area contributed by atoms with Crippen LogP contribution in [0.4, 0.5) is 11.4 Å². The Kier molecular flexibility index (Phi) is 5.97. The van der Waals surface area contributed by atoms with Crippen molar-refractivity contribution in [2.45, 2.75) is 0 Å². The Morgan fingerprint density at radius 2 is 1.91 bits per heavy atom. The minimum atomic E-state index is -0.415. The first-order valence-electron chi connectivity index (χ1n) is 7.57. The summed E-state index contributed by atoms with van der Waals surface area (Å²) < 4.78 is 0. The average molecular weight is 314 g/mol. The van der Waals surface area contributed by atoms with Crippen molar-refractivity contribution in [1.29, 1.82) is 5.26 Å². The number of hydrogen-bond donors (Lipinski definition) is 3. The second-order valence-corrected chi connectivity index (χ2v) is 5.40. The number of piperazine rings is 1. The summed E-state index contributed by atoms with van der Waals surface area (Å²) in [5.41, 5.74) is 12.5. The Morgan fingerprint density at radius 3 is 2.48 bits per heavy atom. The van der Waals surface area contributed by atoms with Crippen molar-refractivity contribution in [3.8, 4) is 6.07 Å². The highest BCUT2D eigenvalue weighted by Gasteiger charge is 2.16. The summed E-state index contributed by atoms with van der Waals surface area (Å²) in [6, 6.07) is 8.76. The highest BCUT2D eigenvalue weighted by Crippen LogP contribution is 2.12. The molecule has 1 amide bonds. The van der Waals surface area contributed by atoms with Crippen LogP contribution in [0.15, 0.2) is 36.0 Å².